The molecule has 1 aromatic rings. The Morgan fingerprint density at radius 3 is 2.16 bits per heavy atom. The quantitative estimate of drug-likeness (QED) is 0.0817. The minimum Gasteiger partial charge on any atom is -0.458 e. The van der Waals surface area contributed by atoms with Crippen molar-refractivity contribution >= 4 is 64.9 Å². The van der Waals surface area contributed by atoms with Crippen molar-refractivity contribution in [2.75, 3.05) is 26.8 Å². The molecule has 9 amide bonds. The van der Waals surface area contributed by atoms with E-state index in [1.807, 2.05) is 13.8 Å². The molecular formula is C53H77N9O13. The van der Waals surface area contributed by atoms with Crippen LogP contribution in [0.4, 0.5) is 0 Å². The van der Waals surface area contributed by atoms with E-state index in [0.717, 1.165) is 0 Å². The van der Waals surface area contributed by atoms with Crippen LogP contribution in [0.15, 0.2) is 53.8 Å². The molecule has 3 aliphatic heterocycles. The van der Waals surface area contributed by atoms with Gasteiger partial charge in [-0.15, -0.1) is 0 Å². The summed E-state index contributed by atoms with van der Waals surface area (Å²) in [5, 5.41) is 15.8. The lowest BCUT2D eigenvalue weighted by Crippen LogP contribution is -2.61. The molecule has 0 aromatic heterocycles. The zero-order valence-electron chi connectivity index (χ0n) is 44.7. The lowest BCUT2D eigenvalue weighted by atomic mass is 9.93. The van der Waals surface area contributed by atoms with E-state index in [-0.39, 0.29) is 62.4 Å². The summed E-state index contributed by atoms with van der Waals surface area (Å²) in [6.45, 7) is 12.6. The van der Waals surface area contributed by atoms with Crippen LogP contribution in [0.3, 0.4) is 0 Å². The van der Waals surface area contributed by atoms with Gasteiger partial charge in [0, 0.05) is 32.2 Å². The van der Waals surface area contributed by atoms with Gasteiger partial charge in [0.05, 0.1) is 18.6 Å². The van der Waals surface area contributed by atoms with Crippen LogP contribution >= 0.6 is 0 Å². The summed E-state index contributed by atoms with van der Waals surface area (Å²) in [6.07, 6.45) is 2.99. The van der Waals surface area contributed by atoms with Crippen molar-refractivity contribution in [1.29, 1.82) is 0 Å². The number of rotatable bonds is 13. The Kier molecular flexibility index (Phi) is 23.1. The number of hydrogen-bond donors (Lipinski definition) is 7. The normalized spacial score (nSPS) is 28.5. The van der Waals surface area contributed by atoms with Crippen molar-refractivity contribution in [3.05, 3.63) is 59.3 Å². The number of nitrogens with one attached hydrogen (secondary N) is 6. The van der Waals surface area contributed by atoms with Crippen molar-refractivity contribution < 1.29 is 62.2 Å². The number of allylic oxidation sites excluding steroid dienone is 2. The predicted molar refractivity (Wildman–Crippen MR) is 274 cm³/mol. The molecule has 1 aromatic carbocycles. The second-order valence-electron chi connectivity index (χ2n) is 19.8. The van der Waals surface area contributed by atoms with Crippen LogP contribution in [0.25, 0.3) is 0 Å². The van der Waals surface area contributed by atoms with E-state index in [4.69, 9.17) is 15.2 Å². The number of cyclic esters (lactones) is 1. The zero-order valence-corrected chi connectivity index (χ0v) is 44.7. The Hall–Kier alpha value is -6.97. The number of nitrogens with two attached hydrogens (primary N) is 1. The van der Waals surface area contributed by atoms with E-state index < -0.39 is 132 Å². The number of primary amides is 1. The molecule has 75 heavy (non-hydrogen) atoms. The molecule has 0 saturated carbocycles. The fourth-order valence-corrected chi connectivity index (χ4v) is 9.28. The van der Waals surface area contributed by atoms with Gasteiger partial charge in [-0.25, -0.2) is 4.79 Å². The van der Waals surface area contributed by atoms with E-state index in [0.29, 0.717) is 31.2 Å². The van der Waals surface area contributed by atoms with Crippen LogP contribution in [-0.2, 0) is 68.6 Å². The molecule has 11 atom stereocenters. The highest BCUT2D eigenvalue weighted by Crippen LogP contribution is 2.27. The Balaban J connectivity index is 1.85. The lowest BCUT2D eigenvalue weighted by molar-refractivity contribution is -0.160. The highest BCUT2D eigenvalue weighted by Gasteiger charge is 2.45. The average molecular weight is 1050 g/mol. The molecule has 0 bridgehead atoms. The second kappa shape index (κ2) is 28.6. The van der Waals surface area contributed by atoms with Crippen molar-refractivity contribution in [2.45, 2.75) is 162 Å². The van der Waals surface area contributed by atoms with Gasteiger partial charge in [-0.05, 0) is 83.6 Å². The van der Waals surface area contributed by atoms with Crippen LogP contribution in [0.2, 0.25) is 0 Å². The Morgan fingerprint density at radius 2 is 1.53 bits per heavy atom. The van der Waals surface area contributed by atoms with Crippen molar-refractivity contribution in [2.24, 2.45) is 23.5 Å². The maximum atomic E-state index is 14.6. The molecule has 3 aliphatic rings. The molecule has 4 rings (SSSR count). The average Bonchev–Trinajstić information content (AvgIpc) is 4.05. The number of nitrogens with zero attached hydrogens (tertiary/aromatic N) is 2. The third kappa shape index (κ3) is 16.5. The number of ether oxygens (including phenoxy) is 2. The summed E-state index contributed by atoms with van der Waals surface area (Å²) < 4.78 is 11.2. The van der Waals surface area contributed by atoms with Gasteiger partial charge < -0.3 is 56.9 Å². The van der Waals surface area contributed by atoms with E-state index in [1.54, 1.807) is 50.3 Å². The number of esters is 1. The maximum Gasteiger partial charge on any atom is 0.329 e. The molecule has 0 aliphatic carbocycles. The number of carbonyl (C=O) groups is 11. The van der Waals surface area contributed by atoms with Crippen molar-refractivity contribution in [1.82, 2.24) is 41.7 Å². The maximum absolute atomic E-state index is 14.6. The Labute approximate surface area is 438 Å². The monoisotopic (exact) mass is 1050 g/mol. The number of Topliss-reactive ketones (excluding diaryl/α,β-unsaturated/α-hetero) is 1. The van der Waals surface area contributed by atoms with Crippen molar-refractivity contribution in [3.8, 4) is 0 Å². The van der Waals surface area contributed by atoms with Gasteiger partial charge in [-0.1, -0.05) is 83.0 Å². The molecule has 0 radical (unpaired) electrons. The third-order valence-electron chi connectivity index (χ3n) is 13.9. The molecule has 8 N–H and O–H groups in total. The number of carbonyl (C=O) groups excluding carboxylic acids is 11. The summed E-state index contributed by atoms with van der Waals surface area (Å²) in [4.78, 5) is 157. The number of benzene rings is 1. The first-order chi connectivity index (χ1) is 35.6. The number of hydrogen-bond acceptors (Lipinski definition) is 13. The fourth-order valence-electron chi connectivity index (χ4n) is 9.28. The van der Waals surface area contributed by atoms with Gasteiger partial charge in [0.25, 0.3) is 5.91 Å². The topological polar surface area (TPSA) is 311 Å². The Bertz CT molecular complexity index is 2340. The molecule has 3 saturated heterocycles. The minimum atomic E-state index is -1.66. The van der Waals surface area contributed by atoms with Crippen LogP contribution in [0.5, 0.6) is 0 Å². The van der Waals surface area contributed by atoms with Crippen LogP contribution in [0.1, 0.15) is 112 Å². The van der Waals surface area contributed by atoms with Gasteiger partial charge >= 0.3 is 5.97 Å². The fraction of sp³-hybridized carbons (Fsp3) is 0.604. The van der Waals surface area contributed by atoms with Crippen LogP contribution in [-0.4, -0.2) is 150 Å². The van der Waals surface area contributed by atoms with E-state index in [1.165, 1.54) is 50.7 Å². The number of ketones is 1. The summed E-state index contributed by atoms with van der Waals surface area (Å²) in [5.41, 5.74) is 6.10. The number of unbranched alkanes of at least 4 members (excludes halogenated alkanes) is 1. The highest BCUT2D eigenvalue weighted by molar-refractivity contribution is 6.07. The lowest BCUT2D eigenvalue weighted by Gasteiger charge is -2.32. The molecule has 3 heterocycles. The molecule has 3 fully saturated rings. The molecular weight excluding hydrogens is 971 g/mol. The first kappa shape index (κ1) is 60.6. The predicted octanol–water partition coefficient (Wildman–Crippen LogP) is 0.756. The number of amides is 9. The van der Waals surface area contributed by atoms with Crippen LogP contribution < -0.4 is 37.6 Å². The van der Waals surface area contributed by atoms with Crippen LogP contribution in [0, 0.1) is 17.8 Å². The summed E-state index contributed by atoms with van der Waals surface area (Å²) in [5.74, 6) is -11.1. The zero-order chi connectivity index (χ0) is 55.7. The molecule has 22 heteroatoms. The van der Waals surface area contributed by atoms with Gasteiger partial charge in [0.15, 0.2) is 5.78 Å². The third-order valence-corrected chi connectivity index (χ3v) is 13.9. The minimum absolute atomic E-state index is 0.0248. The standard InChI is InChI=1S/C53H77N9O13/c1-10-13-18-31(6)45(65)60-43-33(8)75-53(73)39-21-17-24-61(39)52(72)36(22-23-41(54)63)56-49(69)42(30(5)11-2)59-46(66)35(12-3)55-48(68)40-25-29(4)27-62(40)51(71)32(7)44(64)37(26-34-19-15-14-16-20-34)57-47(67)38(28-74-9)58-50(43)70/h12,14-16,18-20,29-30,32-33,36-40,42-43H,10-11,13,17,21-28H2,1-9H3,(H2,54,63)(H,55,68)(H,56,69)(H,57,67)(H,58,70)(H,59,66)(H,60,65)/b31-18-,35-12+/t29-,30-,32?,33-,36-,37?,38-,39-,40-,42-,43+/m0/s1. The molecule has 2 unspecified atom stereocenters. The first-order valence-electron chi connectivity index (χ1n) is 25.9. The first-order valence-corrected chi connectivity index (χ1v) is 25.9. The molecule has 0 spiro atoms. The van der Waals surface area contributed by atoms with Gasteiger partial charge in [-0.2, -0.15) is 0 Å². The number of fused-ring (bicyclic) bond motifs is 2. The van der Waals surface area contributed by atoms with Gasteiger partial charge in [-0.3, -0.25) is 47.9 Å². The second-order valence-corrected chi connectivity index (χ2v) is 19.8. The van der Waals surface area contributed by atoms with Crippen molar-refractivity contribution in [3.63, 3.8) is 0 Å². The summed E-state index contributed by atoms with van der Waals surface area (Å²) in [7, 11) is 1.27. The largest absolute Gasteiger partial charge is 0.458 e. The summed E-state index contributed by atoms with van der Waals surface area (Å²) in [6, 6.07) is -1.01. The number of methoxy groups -OCH3 is 1. The highest BCUT2D eigenvalue weighted by atomic mass is 16.5. The smallest absolute Gasteiger partial charge is 0.329 e. The Morgan fingerprint density at radius 1 is 0.867 bits per heavy atom. The molecule has 412 valence electrons. The van der Waals surface area contributed by atoms with Gasteiger partial charge in [0.2, 0.25) is 47.3 Å². The van der Waals surface area contributed by atoms with Gasteiger partial charge in [0.1, 0.15) is 48.1 Å². The van der Waals surface area contributed by atoms with E-state index >= 15 is 0 Å². The van der Waals surface area contributed by atoms with E-state index in [9.17, 15) is 52.7 Å². The SMILES string of the molecule is C/C=C1/NC(=O)[C@@H]2C[C@H](C)CN2C(=O)C(C)C(=O)C(Cc2ccccc2)NC(=O)[C@H](COC)NC(=O)[C@H](NC(=O)/C(C)=C\CCC)[C@H](C)OC(=O)[C@@H]2CCCN2C(=O)[C@H](CCC(N)=O)NC(=O)[C@H]([C@@H](C)CC)NC1=O. The van der Waals surface area contributed by atoms with E-state index in [2.05, 4.69) is 31.9 Å². The summed E-state index contributed by atoms with van der Waals surface area (Å²) >= 11 is 0. The molecule has 22 nitrogen and oxygen atoms in total.